The van der Waals surface area contributed by atoms with Crippen molar-refractivity contribution in [3.63, 3.8) is 0 Å². The van der Waals surface area contributed by atoms with Crippen LogP contribution in [0.4, 0.5) is 11.6 Å². The van der Waals surface area contributed by atoms with Crippen LogP contribution in [0.15, 0.2) is 33.9 Å². The van der Waals surface area contributed by atoms with E-state index in [9.17, 15) is 14.4 Å². The van der Waals surface area contributed by atoms with E-state index < -0.39 is 23.8 Å². The number of anilines is 2. The third-order valence-electron chi connectivity index (χ3n) is 5.19. The van der Waals surface area contributed by atoms with Gasteiger partial charge in [0.2, 0.25) is 5.95 Å². The van der Waals surface area contributed by atoms with Crippen molar-refractivity contribution in [2.45, 2.75) is 26.4 Å². The Morgan fingerprint density at radius 3 is 2.57 bits per heavy atom. The van der Waals surface area contributed by atoms with Gasteiger partial charge in [-0.25, -0.2) is 9.36 Å². The molecule has 158 valence electrons. The predicted molar refractivity (Wildman–Crippen MR) is 110 cm³/mol. The Kier molecular flexibility index (Phi) is 5.06. The van der Waals surface area contributed by atoms with Gasteiger partial charge < -0.3 is 18.9 Å². The monoisotopic (exact) mass is 413 g/mol. The topological polar surface area (TPSA) is 101 Å². The molecule has 10 heteroatoms. The molecule has 0 saturated heterocycles. The SMILES string of the molecule is CCOC(=O)Cn1c(=O)c2c(nc3n2CCCN3c2ccc(OC)cc2)n(C)c1=O. The molecular formula is C20H23N5O5. The van der Waals surface area contributed by atoms with Crippen molar-refractivity contribution in [1.29, 1.82) is 0 Å². The molecule has 0 radical (unpaired) electrons. The van der Waals surface area contributed by atoms with Crippen LogP contribution >= 0.6 is 0 Å². The summed E-state index contributed by atoms with van der Waals surface area (Å²) in [5.41, 5.74) is 0.350. The first kappa shape index (κ1) is 19.7. The summed E-state index contributed by atoms with van der Waals surface area (Å²) in [7, 11) is 3.15. The highest BCUT2D eigenvalue weighted by atomic mass is 16.5. The minimum Gasteiger partial charge on any atom is -0.497 e. The maximum atomic E-state index is 13.1. The molecule has 1 aromatic carbocycles. The van der Waals surface area contributed by atoms with Gasteiger partial charge >= 0.3 is 11.7 Å². The van der Waals surface area contributed by atoms with Crippen LogP contribution in [0.5, 0.6) is 5.75 Å². The number of rotatable bonds is 5. The average Bonchev–Trinajstić information content (AvgIpc) is 3.15. The van der Waals surface area contributed by atoms with Crippen molar-refractivity contribution in [2.24, 2.45) is 7.05 Å². The van der Waals surface area contributed by atoms with Crippen LogP contribution in [0, 0.1) is 0 Å². The molecular weight excluding hydrogens is 390 g/mol. The standard InChI is InChI=1S/C20H23N5O5/c1-4-30-15(26)12-25-18(27)16-17(22(2)20(25)28)21-19-23(10-5-11-24(16)19)13-6-8-14(29-3)9-7-13/h6-9H,4-5,10-12H2,1-3H3. The number of esters is 1. The lowest BCUT2D eigenvalue weighted by molar-refractivity contribution is -0.143. The highest BCUT2D eigenvalue weighted by Crippen LogP contribution is 2.31. The van der Waals surface area contributed by atoms with Gasteiger partial charge in [-0.1, -0.05) is 0 Å². The van der Waals surface area contributed by atoms with Crippen molar-refractivity contribution < 1.29 is 14.3 Å². The quantitative estimate of drug-likeness (QED) is 0.576. The maximum absolute atomic E-state index is 13.1. The fourth-order valence-corrected chi connectivity index (χ4v) is 3.75. The lowest BCUT2D eigenvalue weighted by Crippen LogP contribution is -2.41. The fourth-order valence-electron chi connectivity index (χ4n) is 3.75. The zero-order valence-corrected chi connectivity index (χ0v) is 17.1. The summed E-state index contributed by atoms with van der Waals surface area (Å²) in [6, 6.07) is 7.57. The summed E-state index contributed by atoms with van der Waals surface area (Å²) in [6.45, 7) is 2.72. The van der Waals surface area contributed by atoms with Crippen LogP contribution < -0.4 is 20.9 Å². The highest BCUT2D eigenvalue weighted by molar-refractivity contribution is 5.77. The molecule has 0 spiro atoms. The lowest BCUT2D eigenvalue weighted by Gasteiger charge is -2.29. The van der Waals surface area contributed by atoms with Gasteiger partial charge in [0.15, 0.2) is 11.2 Å². The maximum Gasteiger partial charge on any atom is 0.333 e. The normalized spacial score (nSPS) is 13.4. The zero-order valence-electron chi connectivity index (χ0n) is 17.1. The Morgan fingerprint density at radius 1 is 1.17 bits per heavy atom. The molecule has 0 unspecified atom stereocenters. The molecule has 3 heterocycles. The van der Waals surface area contributed by atoms with Crippen molar-refractivity contribution in [3.05, 3.63) is 45.1 Å². The summed E-state index contributed by atoms with van der Waals surface area (Å²) in [5.74, 6) is 0.699. The first-order valence-corrected chi connectivity index (χ1v) is 9.73. The second-order valence-electron chi connectivity index (χ2n) is 6.98. The number of benzene rings is 1. The third-order valence-corrected chi connectivity index (χ3v) is 5.19. The van der Waals surface area contributed by atoms with Crippen LogP contribution in [0.3, 0.4) is 0 Å². The van der Waals surface area contributed by atoms with E-state index in [2.05, 4.69) is 4.98 Å². The molecule has 0 aliphatic carbocycles. The Balaban J connectivity index is 1.87. The van der Waals surface area contributed by atoms with Crippen LogP contribution in [-0.2, 0) is 29.7 Å². The Bertz CT molecular complexity index is 1220. The minimum absolute atomic E-state index is 0.176. The molecule has 0 saturated carbocycles. The third kappa shape index (κ3) is 3.14. The van der Waals surface area contributed by atoms with Gasteiger partial charge in [0.25, 0.3) is 5.56 Å². The minimum atomic E-state index is -0.630. The zero-order chi connectivity index (χ0) is 21.4. The van der Waals surface area contributed by atoms with Crippen LogP contribution in [0.1, 0.15) is 13.3 Å². The number of aromatic nitrogens is 4. The van der Waals surface area contributed by atoms with E-state index in [0.717, 1.165) is 29.0 Å². The first-order valence-electron chi connectivity index (χ1n) is 9.73. The highest BCUT2D eigenvalue weighted by Gasteiger charge is 2.27. The number of hydrogen-bond donors (Lipinski definition) is 0. The molecule has 1 aliphatic heterocycles. The molecule has 0 N–H and O–H groups in total. The number of fused-ring (bicyclic) bond motifs is 3. The van der Waals surface area contributed by atoms with Gasteiger partial charge in [0.1, 0.15) is 12.3 Å². The summed E-state index contributed by atoms with van der Waals surface area (Å²) in [6.07, 6.45) is 0.796. The van der Waals surface area contributed by atoms with Gasteiger partial charge in [0, 0.05) is 25.8 Å². The molecule has 0 fully saturated rings. The van der Waals surface area contributed by atoms with E-state index in [4.69, 9.17) is 9.47 Å². The van der Waals surface area contributed by atoms with Crippen molar-refractivity contribution in [3.8, 4) is 5.75 Å². The van der Waals surface area contributed by atoms with Crippen molar-refractivity contribution in [1.82, 2.24) is 18.7 Å². The molecule has 1 aliphatic rings. The van der Waals surface area contributed by atoms with Gasteiger partial charge in [0.05, 0.1) is 13.7 Å². The number of carbonyl (C=O) groups is 1. The molecule has 0 amide bonds. The van der Waals surface area contributed by atoms with Crippen LogP contribution in [0.2, 0.25) is 0 Å². The van der Waals surface area contributed by atoms with Crippen LogP contribution in [-0.4, -0.2) is 44.9 Å². The molecule has 0 bridgehead atoms. The van der Waals surface area contributed by atoms with Gasteiger partial charge in [-0.15, -0.1) is 0 Å². The number of carbonyl (C=O) groups excluding carboxylic acids is 1. The Morgan fingerprint density at radius 2 is 1.90 bits per heavy atom. The molecule has 2 aromatic heterocycles. The molecule has 4 rings (SSSR count). The van der Waals surface area contributed by atoms with Crippen molar-refractivity contribution >= 4 is 28.8 Å². The van der Waals surface area contributed by atoms with E-state index in [1.54, 1.807) is 21.1 Å². The molecule has 0 atom stereocenters. The van der Waals surface area contributed by atoms with Gasteiger partial charge in [-0.3, -0.25) is 14.2 Å². The number of hydrogen-bond acceptors (Lipinski definition) is 7. The summed E-state index contributed by atoms with van der Waals surface area (Å²) in [5, 5.41) is 0. The van der Waals surface area contributed by atoms with E-state index in [-0.39, 0.29) is 6.61 Å². The summed E-state index contributed by atoms with van der Waals surface area (Å²) in [4.78, 5) is 44.4. The van der Waals surface area contributed by atoms with E-state index in [1.807, 2.05) is 33.7 Å². The Hall–Kier alpha value is -3.56. The summed E-state index contributed by atoms with van der Waals surface area (Å²) < 4.78 is 14.1. The van der Waals surface area contributed by atoms with E-state index in [0.29, 0.717) is 23.7 Å². The molecule has 10 nitrogen and oxygen atoms in total. The Labute approximate surface area is 171 Å². The van der Waals surface area contributed by atoms with E-state index in [1.165, 1.54) is 4.57 Å². The number of ether oxygens (including phenoxy) is 2. The lowest BCUT2D eigenvalue weighted by atomic mass is 10.2. The van der Waals surface area contributed by atoms with Gasteiger partial charge in [-0.05, 0) is 37.6 Å². The smallest absolute Gasteiger partial charge is 0.333 e. The summed E-state index contributed by atoms with van der Waals surface area (Å²) >= 11 is 0. The number of imidazole rings is 1. The largest absolute Gasteiger partial charge is 0.497 e. The predicted octanol–water partition coefficient (Wildman–Crippen LogP) is 1.01. The van der Waals surface area contributed by atoms with Gasteiger partial charge in [-0.2, -0.15) is 4.98 Å². The second-order valence-corrected chi connectivity index (χ2v) is 6.98. The van der Waals surface area contributed by atoms with E-state index >= 15 is 0 Å². The number of aryl methyl sites for hydroxylation is 2. The molecule has 3 aromatic rings. The van der Waals surface area contributed by atoms with Crippen molar-refractivity contribution in [2.75, 3.05) is 25.2 Å². The number of methoxy groups -OCH3 is 1. The second kappa shape index (κ2) is 7.69. The van der Waals surface area contributed by atoms with Crippen LogP contribution in [0.25, 0.3) is 11.2 Å². The average molecular weight is 413 g/mol. The molecule has 30 heavy (non-hydrogen) atoms. The fraction of sp³-hybridized carbons (Fsp3) is 0.400. The number of nitrogens with zero attached hydrogens (tertiary/aromatic N) is 5. The first-order chi connectivity index (χ1) is 14.5.